The Morgan fingerprint density at radius 3 is 2.39 bits per heavy atom. The minimum atomic E-state index is -0.0808. The molecule has 0 unspecified atom stereocenters. The Bertz CT molecular complexity index is 909. The van der Waals surface area contributed by atoms with Crippen molar-refractivity contribution in [3.63, 3.8) is 0 Å². The number of pyridine rings is 1. The summed E-state index contributed by atoms with van der Waals surface area (Å²) in [6.07, 6.45) is 1.67. The number of benzene rings is 2. The largest absolute Gasteiger partial charge is 0.495 e. The van der Waals surface area contributed by atoms with Gasteiger partial charge in [0.1, 0.15) is 11.4 Å². The Morgan fingerprint density at radius 2 is 1.75 bits per heavy atom. The number of amides is 1. The molecule has 1 heterocycles. The molecule has 0 saturated carbocycles. The molecule has 0 fully saturated rings. The van der Waals surface area contributed by atoms with E-state index in [-0.39, 0.29) is 11.9 Å². The molecule has 0 aliphatic rings. The van der Waals surface area contributed by atoms with Gasteiger partial charge in [-0.05, 0) is 43.7 Å². The van der Waals surface area contributed by atoms with Gasteiger partial charge < -0.3 is 15.0 Å². The van der Waals surface area contributed by atoms with Crippen molar-refractivity contribution in [2.24, 2.45) is 0 Å². The van der Waals surface area contributed by atoms with E-state index in [0.29, 0.717) is 12.2 Å². The van der Waals surface area contributed by atoms with Crippen molar-refractivity contribution in [3.8, 4) is 5.75 Å². The standard InChI is InChI=1S/C23H25N3O2/c1-17(2)26(16-18-9-5-4-6-10-18)23(27)21-14-13-19(15-24-21)25-20-11-7-8-12-22(20)28-3/h4-15,17,25H,16H2,1-3H3. The van der Waals surface area contributed by atoms with Crippen LogP contribution in [0.1, 0.15) is 29.9 Å². The van der Waals surface area contributed by atoms with Crippen LogP contribution in [0.3, 0.4) is 0 Å². The zero-order valence-electron chi connectivity index (χ0n) is 16.4. The van der Waals surface area contributed by atoms with Crippen molar-refractivity contribution in [2.45, 2.75) is 26.4 Å². The molecule has 0 aliphatic carbocycles. The number of carbonyl (C=O) groups is 1. The molecule has 28 heavy (non-hydrogen) atoms. The van der Waals surface area contributed by atoms with Crippen LogP contribution in [-0.2, 0) is 6.54 Å². The highest BCUT2D eigenvalue weighted by Gasteiger charge is 2.20. The van der Waals surface area contributed by atoms with Crippen LogP contribution in [-0.4, -0.2) is 28.9 Å². The Labute approximate surface area is 166 Å². The molecule has 144 valence electrons. The number of aromatic nitrogens is 1. The lowest BCUT2D eigenvalue weighted by Gasteiger charge is -2.26. The van der Waals surface area contributed by atoms with Gasteiger partial charge in [-0.3, -0.25) is 4.79 Å². The molecule has 0 aliphatic heterocycles. The predicted octanol–water partition coefficient (Wildman–Crippen LogP) is 4.88. The van der Waals surface area contributed by atoms with Crippen LogP contribution in [0, 0.1) is 0 Å². The average molecular weight is 375 g/mol. The minimum absolute atomic E-state index is 0.0703. The van der Waals surface area contributed by atoms with Crippen molar-refractivity contribution in [1.29, 1.82) is 0 Å². The lowest BCUT2D eigenvalue weighted by atomic mass is 10.1. The van der Waals surface area contributed by atoms with E-state index in [9.17, 15) is 4.79 Å². The molecule has 3 aromatic rings. The van der Waals surface area contributed by atoms with Gasteiger partial charge >= 0.3 is 0 Å². The second-order valence-electron chi connectivity index (χ2n) is 6.77. The third-order valence-corrected chi connectivity index (χ3v) is 4.45. The highest BCUT2D eigenvalue weighted by atomic mass is 16.5. The number of methoxy groups -OCH3 is 1. The first kappa shape index (κ1) is 19.4. The number of rotatable bonds is 7. The number of para-hydroxylation sites is 2. The third-order valence-electron chi connectivity index (χ3n) is 4.45. The zero-order chi connectivity index (χ0) is 19.9. The molecule has 0 atom stereocenters. The first-order chi connectivity index (χ1) is 13.6. The van der Waals surface area contributed by atoms with Gasteiger partial charge in [-0.25, -0.2) is 4.98 Å². The molecule has 0 bridgehead atoms. The molecule has 0 radical (unpaired) electrons. The maximum Gasteiger partial charge on any atom is 0.272 e. The minimum Gasteiger partial charge on any atom is -0.495 e. The average Bonchev–Trinajstić information content (AvgIpc) is 2.73. The maximum absolute atomic E-state index is 13.0. The van der Waals surface area contributed by atoms with E-state index >= 15 is 0 Å². The highest BCUT2D eigenvalue weighted by molar-refractivity contribution is 5.92. The number of ether oxygens (including phenoxy) is 1. The summed E-state index contributed by atoms with van der Waals surface area (Å²) in [5.74, 6) is 0.666. The molecule has 5 nitrogen and oxygen atoms in total. The molecule has 0 saturated heterocycles. The van der Waals surface area contributed by atoms with Crippen molar-refractivity contribution in [3.05, 3.63) is 84.2 Å². The van der Waals surface area contributed by atoms with E-state index in [1.165, 1.54) is 0 Å². The van der Waals surface area contributed by atoms with Crippen LogP contribution in [0.15, 0.2) is 72.9 Å². The molecule has 1 aromatic heterocycles. The van der Waals surface area contributed by atoms with Crippen LogP contribution >= 0.6 is 0 Å². The lowest BCUT2D eigenvalue weighted by molar-refractivity contribution is 0.0684. The molecular formula is C23H25N3O2. The first-order valence-electron chi connectivity index (χ1n) is 9.29. The van der Waals surface area contributed by atoms with Gasteiger partial charge in [0.05, 0.1) is 24.7 Å². The Balaban J connectivity index is 1.74. The molecular weight excluding hydrogens is 350 g/mol. The summed E-state index contributed by atoms with van der Waals surface area (Å²) in [6, 6.07) is 21.3. The molecule has 2 aromatic carbocycles. The summed E-state index contributed by atoms with van der Waals surface area (Å²) >= 11 is 0. The fourth-order valence-electron chi connectivity index (χ4n) is 2.91. The van der Waals surface area contributed by atoms with Crippen LogP contribution in [0.25, 0.3) is 0 Å². The van der Waals surface area contributed by atoms with Crippen molar-refractivity contribution < 1.29 is 9.53 Å². The molecule has 1 N–H and O–H groups in total. The van der Waals surface area contributed by atoms with Crippen molar-refractivity contribution >= 4 is 17.3 Å². The van der Waals surface area contributed by atoms with Crippen LogP contribution in [0.2, 0.25) is 0 Å². The van der Waals surface area contributed by atoms with Gasteiger partial charge in [-0.1, -0.05) is 42.5 Å². The second-order valence-corrected chi connectivity index (χ2v) is 6.77. The third kappa shape index (κ3) is 4.68. The zero-order valence-corrected chi connectivity index (χ0v) is 16.4. The van der Waals surface area contributed by atoms with Crippen LogP contribution in [0.5, 0.6) is 5.75 Å². The normalized spacial score (nSPS) is 10.6. The monoisotopic (exact) mass is 375 g/mol. The Hall–Kier alpha value is -3.34. The fourth-order valence-corrected chi connectivity index (χ4v) is 2.91. The van der Waals surface area contributed by atoms with E-state index in [4.69, 9.17) is 4.74 Å². The van der Waals surface area contributed by atoms with E-state index in [2.05, 4.69) is 10.3 Å². The van der Waals surface area contributed by atoms with Gasteiger partial charge in [0.25, 0.3) is 5.91 Å². The summed E-state index contributed by atoms with van der Waals surface area (Å²) in [5.41, 5.74) is 3.16. The maximum atomic E-state index is 13.0. The number of hydrogen-bond donors (Lipinski definition) is 1. The topological polar surface area (TPSA) is 54.5 Å². The number of nitrogens with one attached hydrogen (secondary N) is 1. The van der Waals surface area contributed by atoms with Crippen LogP contribution < -0.4 is 10.1 Å². The SMILES string of the molecule is COc1ccccc1Nc1ccc(C(=O)N(Cc2ccccc2)C(C)C)nc1. The molecule has 5 heteroatoms. The van der Waals surface area contributed by atoms with Gasteiger partial charge in [0, 0.05) is 12.6 Å². The fraction of sp³-hybridized carbons (Fsp3) is 0.217. The molecule has 3 rings (SSSR count). The summed E-state index contributed by atoms with van der Waals surface area (Å²) < 4.78 is 5.35. The van der Waals surface area contributed by atoms with Crippen LogP contribution in [0.4, 0.5) is 11.4 Å². The predicted molar refractivity (Wildman–Crippen MR) is 112 cm³/mol. The number of nitrogens with zero attached hydrogens (tertiary/aromatic N) is 2. The lowest BCUT2D eigenvalue weighted by Crippen LogP contribution is -2.36. The summed E-state index contributed by atoms with van der Waals surface area (Å²) in [5, 5.41) is 3.27. The van der Waals surface area contributed by atoms with E-state index in [1.807, 2.05) is 79.4 Å². The molecule has 1 amide bonds. The second kappa shape index (κ2) is 9.04. The number of carbonyl (C=O) groups excluding carboxylic acids is 1. The summed E-state index contributed by atoms with van der Waals surface area (Å²) in [7, 11) is 1.63. The number of anilines is 2. The van der Waals surface area contributed by atoms with E-state index in [0.717, 1.165) is 22.7 Å². The van der Waals surface area contributed by atoms with Gasteiger partial charge in [-0.2, -0.15) is 0 Å². The number of hydrogen-bond acceptors (Lipinski definition) is 4. The van der Waals surface area contributed by atoms with Gasteiger partial charge in [0.2, 0.25) is 0 Å². The first-order valence-corrected chi connectivity index (χ1v) is 9.29. The van der Waals surface area contributed by atoms with Gasteiger partial charge in [-0.15, -0.1) is 0 Å². The van der Waals surface area contributed by atoms with Crippen molar-refractivity contribution in [2.75, 3.05) is 12.4 Å². The quantitative estimate of drug-likeness (QED) is 0.639. The Morgan fingerprint density at radius 1 is 1.04 bits per heavy atom. The Kier molecular flexibility index (Phi) is 6.27. The van der Waals surface area contributed by atoms with E-state index in [1.54, 1.807) is 19.4 Å². The smallest absolute Gasteiger partial charge is 0.272 e. The van der Waals surface area contributed by atoms with Gasteiger partial charge in [0.15, 0.2) is 0 Å². The molecule has 0 spiro atoms. The van der Waals surface area contributed by atoms with E-state index < -0.39 is 0 Å². The summed E-state index contributed by atoms with van der Waals surface area (Å²) in [6.45, 7) is 4.58. The van der Waals surface area contributed by atoms with Crippen molar-refractivity contribution in [1.82, 2.24) is 9.88 Å². The summed E-state index contributed by atoms with van der Waals surface area (Å²) in [4.78, 5) is 19.2. The highest BCUT2D eigenvalue weighted by Crippen LogP contribution is 2.26.